The van der Waals surface area contributed by atoms with Gasteiger partial charge in [0, 0.05) is 17.5 Å². The van der Waals surface area contributed by atoms with Crippen LogP contribution in [0.25, 0.3) is 0 Å². The molecule has 2 aliphatic heterocycles. The first-order valence-corrected chi connectivity index (χ1v) is 16.0. The van der Waals surface area contributed by atoms with Crippen molar-refractivity contribution in [2.24, 2.45) is 22.1 Å². The van der Waals surface area contributed by atoms with Crippen molar-refractivity contribution in [3.8, 4) is 35.2 Å². The molecule has 252 valence electrons. The van der Waals surface area contributed by atoms with Crippen molar-refractivity contribution in [1.82, 2.24) is 0 Å². The summed E-state index contributed by atoms with van der Waals surface area (Å²) in [6.07, 6.45) is 2.99. The van der Waals surface area contributed by atoms with Gasteiger partial charge in [-0.1, -0.05) is 42.9 Å². The van der Waals surface area contributed by atoms with Crippen molar-refractivity contribution in [2.45, 2.75) is 71.5 Å². The van der Waals surface area contributed by atoms with Crippen molar-refractivity contribution in [3.05, 3.63) is 59.2 Å². The summed E-state index contributed by atoms with van der Waals surface area (Å²) in [4.78, 5) is 11.7. The van der Waals surface area contributed by atoms with E-state index in [0.717, 1.165) is 24.3 Å². The maximum absolute atomic E-state index is 14.6. The monoisotopic (exact) mass is 650 g/mol. The molecule has 47 heavy (non-hydrogen) atoms. The van der Waals surface area contributed by atoms with Gasteiger partial charge in [-0.05, 0) is 93.2 Å². The van der Waals surface area contributed by atoms with Crippen molar-refractivity contribution in [1.29, 1.82) is 0 Å². The standard InChI is InChI=1S/C37H44F2N2O6/c1-7-26(2)28(4)40-46-36(18-20-43-23-36)16-14-31-11-13-33(39)35(22-31)45-19-8-9-27(3)29(5)41-47-37(24-44-25-37)17-15-30-10-12-32(38)34(21-30)42-6/h10-13,21-22,26-27H,7-9,18-20,23-25H2,1-6H3/b40-28+,41-29+/t26-,27-,36?/m0/s1. The van der Waals surface area contributed by atoms with Crippen LogP contribution in [-0.2, 0) is 19.1 Å². The number of hydrogen-bond donors (Lipinski definition) is 0. The second-order valence-electron chi connectivity index (χ2n) is 12.1. The Balaban J connectivity index is 1.29. The smallest absolute Gasteiger partial charge is 0.243 e. The average Bonchev–Trinajstić information content (AvgIpc) is 3.54. The predicted molar refractivity (Wildman–Crippen MR) is 177 cm³/mol. The second-order valence-corrected chi connectivity index (χ2v) is 12.1. The van der Waals surface area contributed by atoms with Crippen LogP contribution >= 0.6 is 0 Å². The first-order valence-electron chi connectivity index (χ1n) is 16.0. The summed E-state index contributed by atoms with van der Waals surface area (Å²) in [5, 5.41) is 8.68. The summed E-state index contributed by atoms with van der Waals surface area (Å²) in [6.45, 7) is 11.8. The van der Waals surface area contributed by atoms with E-state index < -0.39 is 22.8 Å². The summed E-state index contributed by atoms with van der Waals surface area (Å²) < 4.78 is 50.0. The van der Waals surface area contributed by atoms with E-state index in [0.29, 0.717) is 49.7 Å². The molecule has 0 radical (unpaired) electrons. The fourth-order valence-electron chi connectivity index (χ4n) is 4.55. The average molecular weight is 651 g/mol. The second kappa shape index (κ2) is 16.6. The van der Waals surface area contributed by atoms with Crippen LogP contribution in [0.5, 0.6) is 11.5 Å². The van der Waals surface area contributed by atoms with Crippen molar-refractivity contribution in [3.63, 3.8) is 0 Å². The van der Waals surface area contributed by atoms with Gasteiger partial charge in [-0.3, -0.25) is 0 Å². The lowest BCUT2D eigenvalue weighted by molar-refractivity contribution is -0.175. The minimum atomic E-state index is -0.868. The van der Waals surface area contributed by atoms with Crippen LogP contribution in [-0.4, -0.2) is 62.8 Å². The maximum Gasteiger partial charge on any atom is 0.243 e. The van der Waals surface area contributed by atoms with Gasteiger partial charge in [0.25, 0.3) is 0 Å². The molecule has 2 aromatic carbocycles. The van der Waals surface area contributed by atoms with Crippen LogP contribution in [0.3, 0.4) is 0 Å². The molecule has 0 spiro atoms. The normalized spacial score (nSPS) is 20.1. The molecule has 2 heterocycles. The Morgan fingerprint density at radius 2 is 1.43 bits per heavy atom. The highest BCUT2D eigenvalue weighted by atomic mass is 19.1. The van der Waals surface area contributed by atoms with Crippen LogP contribution in [0.1, 0.15) is 71.4 Å². The Morgan fingerprint density at radius 3 is 2.00 bits per heavy atom. The number of ether oxygens (including phenoxy) is 4. The quantitative estimate of drug-likeness (QED) is 0.101. The van der Waals surface area contributed by atoms with E-state index >= 15 is 0 Å². The van der Waals surface area contributed by atoms with E-state index in [1.54, 1.807) is 18.2 Å². The number of methoxy groups -OCH3 is 1. The Labute approximate surface area is 276 Å². The van der Waals surface area contributed by atoms with Gasteiger partial charge in [-0.25, -0.2) is 8.78 Å². The minimum Gasteiger partial charge on any atom is -0.494 e. The summed E-state index contributed by atoms with van der Waals surface area (Å²) in [5.41, 5.74) is 1.21. The first-order chi connectivity index (χ1) is 22.6. The number of halogens is 2. The van der Waals surface area contributed by atoms with Crippen LogP contribution in [0.2, 0.25) is 0 Å². The number of nitrogens with zero attached hydrogens (tertiary/aromatic N) is 2. The molecule has 2 saturated heterocycles. The fraction of sp³-hybridized carbons (Fsp3) is 0.514. The van der Waals surface area contributed by atoms with Crippen LogP contribution in [0.15, 0.2) is 46.7 Å². The van der Waals surface area contributed by atoms with Crippen LogP contribution < -0.4 is 9.47 Å². The molecule has 3 atom stereocenters. The van der Waals surface area contributed by atoms with Gasteiger partial charge in [0.15, 0.2) is 23.1 Å². The summed E-state index contributed by atoms with van der Waals surface area (Å²) in [5.74, 6) is 12.1. The number of oxime groups is 2. The molecule has 8 nitrogen and oxygen atoms in total. The SMILES string of the molecule is CC[C@H](C)/C(C)=N/OC1(C#Cc2ccc(F)c(OCCC[C@H](C)/C(C)=N/OC3(C#Cc4ccc(F)c(OC)c4)COC3)c2)CCOC1. The highest BCUT2D eigenvalue weighted by molar-refractivity contribution is 5.83. The minimum absolute atomic E-state index is 0.0874. The molecule has 2 fully saturated rings. The number of rotatable bonds is 13. The fourth-order valence-corrected chi connectivity index (χ4v) is 4.55. The third-order valence-corrected chi connectivity index (χ3v) is 8.41. The lowest BCUT2D eigenvalue weighted by atomic mass is 10.0. The molecular weight excluding hydrogens is 606 g/mol. The van der Waals surface area contributed by atoms with Crippen LogP contribution in [0, 0.1) is 47.2 Å². The van der Waals surface area contributed by atoms with E-state index in [9.17, 15) is 8.78 Å². The van der Waals surface area contributed by atoms with Gasteiger partial charge in [-0.15, -0.1) is 0 Å². The van der Waals surface area contributed by atoms with Gasteiger partial charge in [0.05, 0.1) is 31.7 Å². The molecule has 0 aliphatic carbocycles. The molecule has 10 heteroatoms. The zero-order valence-electron chi connectivity index (χ0n) is 28.1. The maximum atomic E-state index is 14.6. The zero-order chi connectivity index (χ0) is 33.9. The Bertz CT molecular complexity index is 1560. The molecule has 2 aliphatic rings. The van der Waals surface area contributed by atoms with Gasteiger partial charge < -0.3 is 28.6 Å². The number of hydrogen-bond acceptors (Lipinski definition) is 8. The number of benzene rings is 2. The molecular formula is C37H44F2N2O6. The van der Waals surface area contributed by atoms with Crippen molar-refractivity contribution >= 4 is 11.4 Å². The van der Waals surface area contributed by atoms with E-state index in [1.165, 1.54) is 25.3 Å². The third kappa shape index (κ3) is 9.93. The molecule has 1 unspecified atom stereocenters. The first kappa shape index (κ1) is 35.7. The summed E-state index contributed by atoms with van der Waals surface area (Å²) >= 11 is 0. The topological polar surface area (TPSA) is 80.1 Å². The molecule has 4 rings (SSSR count). The Hall–Kier alpha value is -4.12. The zero-order valence-corrected chi connectivity index (χ0v) is 28.1. The van der Waals surface area contributed by atoms with Crippen molar-refractivity contribution < 1.29 is 37.4 Å². The van der Waals surface area contributed by atoms with Crippen molar-refractivity contribution in [2.75, 3.05) is 40.1 Å². The van der Waals surface area contributed by atoms with Gasteiger partial charge >= 0.3 is 0 Å². The molecule has 0 bridgehead atoms. The lowest BCUT2D eigenvalue weighted by Crippen LogP contribution is -2.50. The molecule has 2 aromatic rings. The Morgan fingerprint density at radius 1 is 0.851 bits per heavy atom. The van der Waals surface area contributed by atoms with E-state index in [2.05, 4.69) is 47.8 Å². The molecule has 0 amide bonds. The third-order valence-electron chi connectivity index (χ3n) is 8.41. The summed E-state index contributed by atoms with van der Waals surface area (Å²) in [7, 11) is 1.41. The highest BCUT2D eigenvalue weighted by Gasteiger charge is 2.40. The van der Waals surface area contributed by atoms with Gasteiger partial charge in [-0.2, -0.15) is 0 Å². The summed E-state index contributed by atoms with van der Waals surface area (Å²) in [6, 6.07) is 9.00. The lowest BCUT2D eigenvalue weighted by Gasteiger charge is -2.34. The highest BCUT2D eigenvalue weighted by Crippen LogP contribution is 2.26. The molecule has 0 saturated carbocycles. The van der Waals surface area contributed by atoms with Gasteiger partial charge in [0.2, 0.25) is 11.2 Å². The molecule has 0 aromatic heterocycles. The largest absolute Gasteiger partial charge is 0.494 e. The Kier molecular flexibility index (Phi) is 12.6. The van der Waals surface area contributed by atoms with E-state index in [-0.39, 0.29) is 30.6 Å². The van der Waals surface area contributed by atoms with Gasteiger partial charge in [0.1, 0.15) is 19.8 Å². The molecule has 0 N–H and O–H groups in total. The van der Waals surface area contributed by atoms with E-state index in [1.807, 2.05) is 20.8 Å². The predicted octanol–water partition coefficient (Wildman–Crippen LogP) is 6.93. The van der Waals surface area contributed by atoms with E-state index in [4.69, 9.17) is 28.6 Å². The van der Waals surface area contributed by atoms with Crippen LogP contribution in [0.4, 0.5) is 8.78 Å².